The molecule has 4 rings (SSSR count). The fourth-order valence-corrected chi connectivity index (χ4v) is 5.30. The van der Waals surface area contributed by atoms with Crippen molar-refractivity contribution < 1.29 is 4.79 Å². The number of thioether (sulfide) groups is 1. The van der Waals surface area contributed by atoms with Crippen molar-refractivity contribution in [1.82, 2.24) is 9.97 Å². The summed E-state index contributed by atoms with van der Waals surface area (Å²) in [7, 11) is 0. The van der Waals surface area contributed by atoms with E-state index >= 15 is 0 Å². The van der Waals surface area contributed by atoms with Gasteiger partial charge in [-0.3, -0.25) is 4.79 Å². The standard InChI is InChI=1S/C22H19N3OS3/c1-15-7-9-17(10-8-15)23-20(26)11-21-24-18(12-27-21)13-28-22-25-19(14-29-22)16-5-3-2-4-6-16/h2-10,12,14H,11,13H2,1H3,(H,23,26). The summed E-state index contributed by atoms with van der Waals surface area (Å²) < 4.78 is 1.02. The highest BCUT2D eigenvalue weighted by molar-refractivity contribution is 8.00. The van der Waals surface area contributed by atoms with Crippen LogP contribution in [-0.2, 0) is 17.0 Å². The van der Waals surface area contributed by atoms with Gasteiger partial charge in [0.15, 0.2) is 4.34 Å². The molecule has 0 unspecified atom stereocenters. The second-order valence-corrected chi connectivity index (χ2v) is 9.50. The van der Waals surface area contributed by atoms with Crippen LogP contribution in [0, 0.1) is 6.92 Å². The summed E-state index contributed by atoms with van der Waals surface area (Å²) in [5, 5.41) is 7.85. The molecule has 0 aliphatic rings. The molecule has 146 valence electrons. The van der Waals surface area contributed by atoms with E-state index in [0.29, 0.717) is 6.42 Å². The molecule has 0 saturated heterocycles. The third-order valence-electron chi connectivity index (χ3n) is 4.14. The van der Waals surface area contributed by atoms with E-state index in [9.17, 15) is 4.79 Å². The first-order valence-corrected chi connectivity index (χ1v) is 11.8. The molecule has 0 saturated carbocycles. The van der Waals surface area contributed by atoms with Gasteiger partial charge in [-0.25, -0.2) is 9.97 Å². The Morgan fingerprint density at radius 1 is 1.00 bits per heavy atom. The van der Waals surface area contributed by atoms with Crippen LogP contribution >= 0.6 is 34.4 Å². The SMILES string of the molecule is Cc1ccc(NC(=O)Cc2nc(CSc3nc(-c4ccccc4)cs3)cs2)cc1. The Labute approximate surface area is 182 Å². The zero-order chi connectivity index (χ0) is 20.1. The average Bonchev–Trinajstić information content (AvgIpc) is 3.38. The maximum Gasteiger partial charge on any atom is 0.231 e. The number of hydrogen-bond acceptors (Lipinski definition) is 6. The van der Waals surface area contributed by atoms with Crippen molar-refractivity contribution in [3.05, 3.63) is 81.6 Å². The summed E-state index contributed by atoms with van der Waals surface area (Å²) in [5.74, 6) is 0.701. The molecule has 2 heterocycles. The first-order chi connectivity index (χ1) is 14.2. The van der Waals surface area contributed by atoms with Crippen LogP contribution in [0.2, 0.25) is 0 Å². The van der Waals surface area contributed by atoms with Gasteiger partial charge in [-0.15, -0.1) is 22.7 Å². The number of nitrogens with one attached hydrogen (secondary N) is 1. The molecule has 1 N–H and O–H groups in total. The van der Waals surface area contributed by atoms with Crippen molar-refractivity contribution in [2.45, 2.75) is 23.4 Å². The van der Waals surface area contributed by atoms with Crippen LogP contribution in [0.3, 0.4) is 0 Å². The van der Waals surface area contributed by atoms with Crippen LogP contribution in [0.25, 0.3) is 11.3 Å². The van der Waals surface area contributed by atoms with Crippen molar-refractivity contribution in [1.29, 1.82) is 0 Å². The highest BCUT2D eigenvalue weighted by Crippen LogP contribution is 2.30. The molecule has 4 aromatic rings. The zero-order valence-electron chi connectivity index (χ0n) is 15.8. The molecule has 2 aromatic carbocycles. The monoisotopic (exact) mass is 437 g/mol. The largest absolute Gasteiger partial charge is 0.326 e. The van der Waals surface area contributed by atoms with Crippen molar-refractivity contribution >= 4 is 46.0 Å². The van der Waals surface area contributed by atoms with Crippen molar-refractivity contribution in [3.63, 3.8) is 0 Å². The number of rotatable bonds is 7. The van der Waals surface area contributed by atoms with Crippen LogP contribution in [-0.4, -0.2) is 15.9 Å². The minimum Gasteiger partial charge on any atom is -0.326 e. The van der Waals surface area contributed by atoms with E-state index in [1.165, 1.54) is 16.9 Å². The number of anilines is 1. The number of benzene rings is 2. The third kappa shape index (κ3) is 5.53. The van der Waals surface area contributed by atoms with Gasteiger partial charge in [0.05, 0.1) is 17.8 Å². The van der Waals surface area contributed by atoms with Crippen LogP contribution in [0.1, 0.15) is 16.3 Å². The van der Waals surface area contributed by atoms with Gasteiger partial charge < -0.3 is 5.32 Å². The van der Waals surface area contributed by atoms with E-state index in [1.54, 1.807) is 23.1 Å². The van der Waals surface area contributed by atoms with Gasteiger partial charge >= 0.3 is 0 Å². The predicted octanol–water partition coefficient (Wildman–Crippen LogP) is 6.05. The van der Waals surface area contributed by atoms with E-state index in [0.717, 1.165) is 37.7 Å². The number of nitrogens with zero attached hydrogens (tertiary/aromatic N) is 2. The van der Waals surface area contributed by atoms with Gasteiger partial charge in [0.1, 0.15) is 5.01 Å². The number of thiazole rings is 2. The fraction of sp³-hybridized carbons (Fsp3) is 0.136. The van der Waals surface area contributed by atoms with Crippen LogP contribution < -0.4 is 5.32 Å². The van der Waals surface area contributed by atoms with E-state index in [2.05, 4.69) is 27.8 Å². The molecule has 29 heavy (non-hydrogen) atoms. The lowest BCUT2D eigenvalue weighted by Gasteiger charge is -2.04. The van der Waals surface area contributed by atoms with Crippen LogP contribution in [0.5, 0.6) is 0 Å². The average molecular weight is 438 g/mol. The Bertz CT molecular complexity index is 1090. The van der Waals surface area contributed by atoms with E-state index < -0.39 is 0 Å². The van der Waals surface area contributed by atoms with Gasteiger partial charge in [0.25, 0.3) is 0 Å². The molecule has 7 heteroatoms. The van der Waals surface area contributed by atoms with Crippen molar-refractivity contribution in [3.8, 4) is 11.3 Å². The summed E-state index contributed by atoms with van der Waals surface area (Å²) in [6.45, 7) is 2.02. The number of carbonyl (C=O) groups is 1. The third-order valence-corrected chi connectivity index (χ3v) is 7.09. The molecule has 2 aromatic heterocycles. The van der Waals surface area contributed by atoms with E-state index in [1.807, 2.05) is 54.8 Å². The molecular formula is C22H19N3OS3. The summed E-state index contributed by atoms with van der Waals surface area (Å²) in [5.41, 5.74) is 5.10. The van der Waals surface area contributed by atoms with Crippen molar-refractivity contribution in [2.75, 3.05) is 5.32 Å². The smallest absolute Gasteiger partial charge is 0.231 e. The van der Waals surface area contributed by atoms with E-state index in [-0.39, 0.29) is 5.91 Å². The van der Waals surface area contributed by atoms with E-state index in [4.69, 9.17) is 4.98 Å². The Morgan fingerprint density at radius 2 is 1.79 bits per heavy atom. The molecule has 0 radical (unpaired) electrons. The van der Waals surface area contributed by atoms with Crippen LogP contribution in [0.4, 0.5) is 5.69 Å². The lowest BCUT2D eigenvalue weighted by atomic mass is 10.2. The predicted molar refractivity (Wildman–Crippen MR) is 123 cm³/mol. The summed E-state index contributed by atoms with van der Waals surface area (Å²) >= 11 is 4.85. The number of aryl methyl sites for hydroxylation is 1. The number of hydrogen-bond donors (Lipinski definition) is 1. The minimum absolute atomic E-state index is 0.0465. The van der Waals surface area contributed by atoms with Gasteiger partial charge in [-0.05, 0) is 19.1 Å². The summed E-state index contributed by atoms with van der Waals surface area (Å²) in [4.78, 5) is 21.5. The molecule has 0 aliphatic heterocycles. The normalized spacial score (nSPS) is 10.8. The lowest BCUT2D eigenvalue weighted by Crippen LogP contribution is -2.14. The Kier molecular flexibility index (Phi) is 6.39. The minimum atomic E-state index is -0.0465. The first-order valence-electron chi connectivity index (χ1n) is 9.09. The van der Waals surface area contributed by atoms with Crippen molar-refractivity contribution in [2.24, 2.45) is 0 Å². The summed E-state index contributed by atoms with van der Waals surface area (Å²) in [6, 6.07) is 18.0. The Hall–Kier alpha value is -2.48. The lowest BCUT2D eigenvalue weighted by molar-refractivity contribution is -0.115. The quantitative estimate of drug-likeness (QED) is 0.358. The number of carbonyl (C=O) groups excluding carboxylic acids is 1. The molecule has 0 atom stereocenters. The second-order valence-electron chi connectivity index (χ2n) is 6.48. The highest BCUT2D eigenvalue weighted by Gasteiger charge is 2.10. The summed E-state index contributed by atoms with van der Waals surface area (Å²) in [6.07, 6.45) is 0.290. The number of amides is 1. The highest BCUT2D eigenvalue weighted by atomic mass is 32.2. The Balaban J connectivity index is 1.30. The first kappa shape index (κ1) is 19.8. The van der Waals surface area contributed by atoms with Gasteiger partial charge in [-0.1, -0.05) is 59.8 Å². The molecule has 1 amide bonds. The van der Waals surface area contributed by atoms with Gasteiger partial charge in [0.2, 0.25) is 5.91 Å². The van der Waals surface area contributed by atoms with Gasteiger partial charge in [-0.2, -0.15) is 0 Å². The molecule has 0 bridgehead atoms. The maximum absolute atomic E-state index is 12.2. The number of aromatic nitrogens is 2. The Morgan fingerprint density at radius 3 is 2.59 bits per heavy atom. The molecule has 0 spiro atoms. The zero-order valence-corrected chi connectivity index (χ0v) is 18.2. The topological polar surface area (TPSA) is 54.9 Å². The second kappa shape index (κ2) is 9.35. The van der Waals surface area contributed by atoms with Crippen LogP contribution in [0.15, 0.2) is 69.7 Å². The molecule has 0 aliphatic carbocycles. The molecule has 4 nitrogen and oxygen atoms in total. The molecule has 0 fully saturated rings. The van der Waals surface area contributed by atoms with Gasteiger partial charge in [0, 0.05) is 27.8 Å². The fourth-order valence-electron chi connectivity index (χ4n) is 2.68. The molecular weight excluding hydrogens is 418 g/mol. The maximum atomic E-state index is 12.2.